The molecule has 1 saturated carbocycles. The summed E-state index contributed by atoms with van der Waals surface area (Å²) in [6.07, 6.45) is 0.905. The van der Waals surface area contributed by atoms with Crippen LogP contribution < -0.4 is 4.74 Å². The maximum Gasteiger partial charge on any atom is 0.410 e. The van der Waals surface area contributed by atoms with Gasteiger partial charge in [-0.2, -0.15) is 0 Å². The maximum atomic E-state index is 12.6. The van der Waals surface area contributed by atoms with Crippen LogP contribution in [0.5, 0.6) is 5.75 Å². The first-order valence-electron chi connectivity index (χ1n) is 8.39. The maximum absolute atomic E-state index is 12.6. The third-order valence-electron chi connectivity index (χ3n) is 4.77. The van der Waals surface area contributed by atoms with Gasteiger partial charge >= 0.3 is 6.09 Å². The van der Waals surface area contributed by atoms with Crippen LogP contribution in [0.4, 0.5) is 4.79 Å². The van der Waals surface area contributed by atoms with Crippen molar-refractivity contribution in [3.05, 3.63) is 24.0 Å². The Labute approximate surface area is 141 Å². The highest BCUT2D eigenvalue weighted by atomic mass is 16.6. The molecule has 4 rings (SSSR count). The highest BCUT2D eigenvalue weighted by Crippen LogP contribution is 2.56. The van der Waals surface area contributed by atoms with Gasteiger partial charge in [0.2, 0.25) is 0 Å². The van der Waals surface area contributed by atoms with Gasteiger partial charge in [-0.05, 0) is 51.2 Å². The molecule has 2 aliphatic rings. The van der Waals surface area contributed by atoms with E-state index in [1.54, 1.807) is 7.11 Å². The third-order valence-corrected chi connectivity index (χ3v) is 4.77. The van der Waals surface area contributed by atoms with Gasteiger partial charge in [0.25, 0.3) is 0 Å². The van der Waals surface area contributed by atoms with E-state index in [4.69, 9.17) is 14.5 Å². The number of methoxy groups -OCH3 is 1. The summed E-state index contributed by atoms with van der Waals surface area (Å²) < 4.78 is 10.8. The Morgan fingerprint density at radius 3 is 2.88 bits per heavy atom. The molecule has 1 saturated heterocycles. The number of aromatic nitrogens is 2. The first-order valence-corrected chi connectivity index (χ1v) is 8.39. The van der Waals surface area contributed by atoms with Crippen molar-refractivity contribution in [2.24, 2.45) is 11.8 Å². The standard InChI is InChI=1S/C18H23N3O3/c1-18(2,3)24-17(22)21-9-10-7-12(10)15(21)16-19-13-6-5-11(23-4)8-14(13)20-16/h5-6,8,10,12,15H,7,9H2,1-4H3,(H,19,20)/t10-,12?,15-/m0/s1. The Bertz CT molecular complexity index is 792. The van der Waals surface area contributed by atoms with E-state index in [0.29, 0.717) is 11.8 Å². The van der Waals surface area contributed by atoms with E-state index in [0.717, 1.165) is 35.6 Å². The summed E-state index contributed by atoms with van der Waals surface area (Å²) in [6.45, 7) is 6.43. The number of likely N-dealkylation sites (tertiary alicyclic amines) is 1. The second kappa shape index (κ2) is 5.13. The number of carbonyl (C=O) groups is 1. The van der Waals surface area contributed by atoms with Crippen molar-refractivity contribution in [2.75, 3.05) is 13.7 Å². The molecular formula is C18H23N3O3. The minimum Gasteiger partial charge on any atom is -0.497 e. The van der Waals surface area contributed by atoms with Gasteiger partial charge in [0.05, 0.1) is 24.2 Å². The first kappa shape index (κ1) is 15.3. The summed E-state index contributed by atoms with van der Waals surface area (Å²) in [5.41, 5.74) is 1.33. The van der Waals surface area contributed by atoms with E-state index in [2.05, 4.69) is 4.98 Å². The number of hydrogen-bond acceptors (Lipinski definition) is 4. The van der Waals surface area contributed by atoms with E-state index >= 15 is 0 Å². The number of nitrogens with one attached hydrogen (secondary N) is 1. The Morgan fingerprint density at radius 2 is 2.17 bits per heavy atom. The predicted molar refractivity (Wildman–Crippen MR) is 89.9 cm³/mol. The number of fused-ring (bicyclic) bond motifs is 2. The fraction of sp³-hybridized carbons (Fsp3) is 0.556. The van der Waals surface area contributed by atoms with Crippen LogP contribution in [0, 0.1) is 11.8 Å². The summed E-state index contributed by atoms with van der Waals surface area (Å²) in [6, 6.07) is 5.74. The van der Waals surface area contributed by atoms with Crippen molar-refractivity contribution in [1.29, 1.82) is 0 Å². The molecule has 6 heteroatoms. The average molecular weight is 329 g/mol. The average Bonchev–Trinajstić information content (AvgIpc) is 2.98. The van der Waals surface area contributed by atoms with Crippen LogP contribution in [0.2, 0.25) is 0 Å². The molecule has 1 amide bonds. The summed E-state index contributed by atoms with van der Waals surface area (Å²) in [7, 11) is 1.65. The monoisotopic (exact) mass is 329 g/mol. The van der Waals surface area contributed by atoms with E-state index < -0.39 is 5.60 Å². The number of aromatic amines is 1. The zero-order chi connectivity index (χ0) is 17.1. The largest absolute Gasteiger partial charge is 0.497 e. The lowest BCUT2D eigenvalue weighted by Gasteiger charge is -2.29. The topological polar surface area (TPSA) is 67.4 Å². The molecule has 2 aromatic rings. The van der Waals surface area contributed by atoms with Crippen LogP contribution >= 0.6 is 0 Å². The number of H-pyrrole nitrogens is 1. The van der Waals surface area contributed by atoms with Crippen LogP contribution in [0.15, 0.2) is 18.2 Å². The van der Waals surface area contributed by atoms with Gasteiger partial charge in [0.15, 0.2) is 0 Å². The molecule has 128 valence electrons. The molecule has 1 aliphatic carbocycles. The molecule has 0 bridgehead atoms. The third kappa shape index (κ3) is 2.60. The number of nitrogens with zero attached hydrogens (tertiary/aromatic N) is 2. The van der Waals surface area contributed by atoms with Crippen molar-refractivity contribution in [2.45, 2.75) is 38.8 Å². The smallest absolute Gasteiger partial charge is 0.410 e. The molecule has 1 unspecified atom stereocenters. The van der Waals surface area contributed by atoms with Crippen molar-refractivity contribution < 1.29 is 14.3 Å². The molecule has 6 nitrogen and oxygen atoms in total. The lowest BCUT2D eigenvalue weighted by Crippen LogP contribution is -2.38. The van der Waals surface area contributed by atoms with Crippen molar-refractivity contribution in [3.63, 3.8) is 0 Å². The normalized spacial score (nSPS) is 25.7. The minimum absolute atomic E-state index is 0.0248. The van der Waals surface area contributed by atoms with E-state index in [9.17, 15) is 4.79 Å². The van der Waals surface area contributed by atoms with Gasteiger partial charge in [-0.3, -0.25) is 4.90 Å². The second-order valence-electron chi connectivity index (χ2n) is 7.74. The minimum atomic E-state index is -0.490. The highest BCUT2D eigenvalue weighted by Gasteiger charge is 2.56. The Kier molecular flexibility index (Phi) is 3.27. The fourth-order valence-corrected chi connectivity index (χ4v) is 3.60. The lowest BCUT2D eigenvalue weighted by atomic mass is 10.2. The summed E-state index contributed by atoms with van der Waals surface area (Å²) in [4.78, 5) is 22.5. The number of ether oxygens (including phenoxy) is 2. The van der Waals surface area contributed by atoms with E-state index in [1.807, 2.05) is 43.9 Å². The van der Waals surface area contributed by atoms with Gasteiger partial charge in [0.1, 0.15) is 17.2 Å². The number of benzene rings is 1. The number of hydrogen-bond donors (Lipinski definition) is 1. The van der Waals surface area contributed by atoms with Crippen LogP contribution in [-0.4, -0.2) is 40.2 Å². The van der Waals surface area contributed by atoms with Crippen LogP contribution in [0.25, 0.3) is 11.0 Å². The molecule has 0 radical (unpaired) electrons. The zero-order valence-corrected chi connectivity index (χ0v) is 14.5. The molecular weight excluding hydrogens is 306 g/mol. The number of carbonyl (C=O) groups excluding carboxylic acids is 1. The molecule has 1 aromatic heterocycles. The van der Waals surface area contributed by atoms with Gasteiger partial charge in [-0.15, -0.1) is 0 Å². The van der Waals surface area contributed by atoms with E-state index in [1.165, 1.54) is 0 Å². The van der Waals surface area contributed by atoms with Gasteiger partial charge < -0.3 is 14.5 Å². The van der Waals surface area contributed by atoms with Gasteiger partial charge in [0, 0.05) is 12.6 Å². The molecule has 24 heavy (non-hydrogen) atoms. The van der Waals surface area contributed by atoms with Crippen molar-refractivity contribution in [1.82, 2.24) is 14.9 Å². The Morgan fingerprint density at radius 1 is 1.38 bits per heavy atom. The lowest BCUT2D eigenvalue weighted by molar-refractivity contribution is 0.0184. The first-order chi connectivity index (χ1) is 11.4. The Balaban J connectivity index is 1.65. The number of piperidine rings is 1. The van der Waals surface area contributed by atoms with Gasteiger partial charge in [-0.25, -0.2) is 9.78 Å². The molecule has 0 spiro atoms. The zero-order valence-electron chi connectivity index (χ0n) is 14.5. The predicted octanol–water partition coefficient (Wildman–Crippen LogP) is 3.50. The van der Waals surface area contributed by atoms with Crippen LogP contribution in [0.3, 0.4) is 0 Å². The summed E-state index contributed by atoms with van der Waals surface area (Å²) >= 11 is 0. The molecule has 1 N–H and O–H groups in total. The highest BCUT2D eigenvalue weighted by molar-refractivity contribution is 5.77. The van der Waals surface area contributed by atoms with Crippen molar-refractivity contribution >= 4 is 17.1 Å². The molecule has 1 aromatic carbocycles. The second-order valence-corrected chi connectivity index (χ2v) is 7.74. The van der Waals surface area contributed by atoms with Gasteiger partial charge in [-0.1, -0.05) is 0 Å². The number of amides is 1. The molecule has 2 heterocycles. The van der Waals surface area contributed by atoms with Crippen molar-refractivity contribution in [3.8, 4) is 5.75 Å². The molecule has 3 atom stereocenters. The SMILES string of the molecule is COc1ccc2nc([C@@H]3C4C[C@H]4CN3C(=O)OC(C)(C)C)[nH]c2c1. The van der Waals surface area contributed by atoms with Crippen LogP contribution in [-0.2, 0) is 4.74 Å². The Hall–Kier alpha value is -2.24. The molecule has 1 aliphatic heterocycles. The summed E-state index contributed by atoms with van der Waals surface area (Å²) in [5.74, 6) is 2.69. The number of rotatable bonds is 2. The number of imidazole rings is 1. The quantitative estimate of drug-likeness (QED) is 0.915. The summed E-state index contributed by atoms with van der Waals surface area (Å²) in [5, 5.41) is 0. The van der Waals surface area contributed by atoms with Crippen LogP contribution in [0.1, 0.15) is 39.1 Å². The van der Waals surface area contributed by atoms with E-state index in [-0.39, 0.29) is 12.1 Å². The molecule has 2 fully saturated rings. The fourth-order valence-electron chi connectivity index (χ4n) is 3.60.